The molecular weight excluding hydrogens is 449 g/mol. The highest BCUT2D eigenvalue weighted by molar-refractivity contribution is 14.0. The van der Waals surface area contributed by atoms with Crippen molar-refractivity contribution in [3.05, 3.63) is 51.7 Å². The molecule has 0 bridgehead atoms. The third kappa shape index (κ3) is 7.21. The molecule has 2 aromatic rings. The van der Waals surface area contributed by atoms with Gasteiger partial charge < -0.3 is 10.6 Å². The van der Waals surface area contributed by atoms with Gasteiger partial charge in [-0.1, -0.05) is 17.7 Å². The van der Waals surface area contributed by atoms with Crippen LogP contribution in [0.25, 0.3) is 0 Å². The molecule has 0 saturated heterocycles. The number of rotatable bonds is 6. The van der Waals surface area contributed by atoms with E-state index in [0.717, 1.165) is 29.8 Å². The van der Waals surface area contributed by atoms with Gasteiger partial charge in [-0.25, -0.2) is 0 Å². The molecule has 0 aliphatic rings. The van der Waals surface area contributed by atoms with Crippen LogP contribution in [0.2, 0.25) is 5.02 Å². The summed E-state index contributed by atoms with van der Waals surface area (Å²) in [7, 11) is 1.79. The van der Waals surface area contributed by atoms with Crippen LogP contribution in [0.3, 0.4) is 0 Å². The summed E-state index contributed by atoms with van der Waals surface area (Å²) in [6.45, 7) is 1.67. The molecule has 1 heterocycles. The van der Waals surface area contributed by atoms with Gasteiger partial charge in [0.2, 0.25) is 0 Å². The lowest BCUT2D eigenvalue weighted by Crippen LogP contribution is -2.37. The minimum atomic E-state index is 0. The monoisotopic (exact) mass is 467 g/mol. The predicted molar refractivity (Wildman–Crippen MR) is 110 cm³/mol. The minimum absolute atomic E-state index is 0. The molecule has 2 rings (SSSR count). The SMILES string of the molecule is CN=C(NCCSc1ccc(Cl)cc1)NCc1cccs1.I. The lowest BCUT2D eigenvalue weighted by molar-refractivity contribution is 0.841. The van der Waals surface area contributed by atoms with Gasteiger partial charge in [0.1, 0.15) is 0 Å². The van der Waals surface area contributed by atoms with Crippen molar-refractivity contribution in [1.82, 2.24) is 10.6 Å². The molecular formula is C15H19ClIN3S2. The van der Waals surface area contributed by atoms with Crippen molar-refractivity contribution >= 4 is 64.6 Å². The van der Waals surface area contributed by atoms with Gasteiger partial charge in [-0.05, 0) is 35.7 Å². The first-order chi connectivity index (χ1) is 10.3. The van der Waals surface area contributed by atoms with Gasteiger partial charge in [0.05, 0.1) is 6.54 Å². The molecule has 1 aromatic heterocycles. The van der Waals surface area contributed by atoms with Gasteiger partial charge in [0, 0.05) is 34.1 Å². The molecule has 0 saturated carbocycles. The molecule has 0 unspecified atom stereocenters. The number of guanidine groups is 1. The smallest absolute Gasteiger partial charge is 0.191 e. The van der Waals surface area contributed by atoms with E-state index in [-0.39, 0.29) is 24.0 Å². The second-order valence-corrected chi connectivity index (χ2v) is 6.87. The van der Waals surface area contributed by atoms with E-state index in [9.17, 15) is 0 Å². The van der Waals surface area contributed by atoms with E-state index in [1.54, 1.807) is 30.1 Å². The summed E-state index contributed by atoms with van der Waals surface area (Å²) in [4.78, 5) is 6.74. The van der Waals surface area contributed by atoms with Gasteiger partial charge >= 0.3 is 0 Å². The molecule has 22 heavy (non-hydrogen) atoms. The number of hydrogen-bond donors (Lipinski definition) is 2. The Labute approximate surface area is 162 Å². The van der Waals surface area contributed by atoms with Crippen LogP contribution in [-0.2, 0) is 6.54 Å². The van der Waals surface area contributed by atoms with Crippen molar-refractivity contribution in [2.45, 2.75) is 11.4 Å². The molecule has 120 valence electrons. The second-order valence-electron chi connectivity index (χ2n) is 4.23. The maximum absolute atomic E-state index is 5.87. The van der Waals surface area contributed by atoms with Crippen LogP contribution in [0.1, 0.15) is 4.88 Å². The molecule has 0 amide bonds. The van der Waals surface area contributed by atoms with Gasteiger partial charge in [-0.15, -0.1) is 47.1 Å². The van der Waals surface area contributed by atoms with Crippen molar-refractivity contribution in [2.75, 3.05) is 19.3 Å². The molecule has 0 aliphatic heterocycles. The second kappa shape index (κ2) is 11.2. The first-order valence-corrected chi connectivity index (χ1v) is 8.87. The Morgan fingerprint density at radius 3 is 2.64 bits per heavy atom. The zero-order valence-corrected chi connectivity index (χ0v) is 16.9. The van der Waals surface area contributed by atoms with Gasteiger partial charge in [0.15, 0.2) is 5.96 Å². The van der Waals surface area contributed by atoms with Crippen molar-refractivity contribution in [2.24, 2.45) is 4.99 Å². The maximum atomic E-state index is 5.87. The summed E-state index contributed by atoms with van der Waals surface area (Å²) < 4.78 is 0. The molecule has 0 atom stereocenters. The fraction of sp³-hybridized carbons (Fsp3) is 0.267. The van der Waals surface area contributed by atoms with Crippen molar-refractivity contribution in [3.8, 4) is 0 Å². The van der Waals surface area contributed by atoms with E-state index >= 15 is 0 Å². The summed E-state index contributed by atoms with van der Waals surface area (Å²) in [5.41, 5.74) is 0. The molecule has 2 N–H and O–H groups in total. The lowest BCUT2D eigenvalue weighted by atomic mass is 10.4. The zero-order chi connectivity index (χ0) is 14.9. The number of nitrogens with zero attached hydrogens (tertiary/aromatic N) is 1. The topological polar surface area (TPSA) is 36.4 Å². The summed E-state index contributed by atoms with van der Waals surface area (Å²) in [6, 6.07) is 12.1. The van der Waals surface area contributed by atoms with E-state index in [0.29, 0.717) is 0 Å². The first kappa shape index (κ1) is 19.6. The summed E-state index contributed by atoms with van der Waals surface area (Å²) in [5.74, 6) is 1.81. The third-order valence-electron chi connectivity index (χ3n) is 2.71. The Hall–Kier alpha value is -0.440. The molecule has 7 heteroatoms. The standard InChI is InChI=1S/C15H18ClN3S2.HI/c1-17-15(19-11-14-3-2-9-20-14)18-8-10-21-13-6-4-12(16)5-7-13;/h2-7,9H,8,10-11H2,1H3,(H2,17,18,19);1H. The Bertz CT molecular complexity index is 559. The van der Waals surface area contributed by atoms with Crippen LogP contribution in [-0.4, -0.2) is 25.3 Å². The summed E-state index contributed by atoms with van der Waals surface area (Å²) >= 11 is 9.40. The van der Waals surface area contributed by atoms with Gasteiger partial charge in [-0.2, -0.15) is 0 Å². The van der Waals surface area contributed by atoms with Crippen LogP contribution in [0.4, 0.5) is 0 Å². The number of thioether (sulfide) groups is 1. The number of aliphatic imine (C=N–C) groups is 1. The quantitative estimate of drug-likeness (QED) is 0.216. The molecule has 0 aliphatic carbocycles. The predicted octanol–water partition coefficient (Wildman–Crippen LogP) is 4.48. The van der Waals surface area contributed by atoms with E-state index in [1.165, 1.54) is 9.77 Å². The molecule has 0 radical (unpaired) electrons. The first-order valence-electron chi connectivity index (χ1n) is 6.63. The number of halogens is 2. The normalized spacial score (nSPS) is 10.9. The Morgan fingerprint density at radius 2 is 2.00 bits per heavy atom. The van der Waals surface area contributed by atoms with Crippen LogP contribution in [0, 0.1) is 0 Å². The molecule has 1 aromatic carbocycles. The van der Waals surface area contributed by atoms with Gasteiger partial charge in [0.25, 0.3) is 0 Å². The number of benzene rings is 1. The van der Waals surface area contributed by atoms with Crippen molar-refractivity contribution in [1.29, 1.82) is 0 Å². The van der Waals surface area contributed by atoms with E-state index < -0.39 is 0 Å². The van der Waals surface area contributed by atoms with E-state index in [1.807, 2.05) is 24.3 Å². The fourth-order valence-electron chi connectivity index (χ4n) is 1.67. The van der Waals surface area contributed by atoms with E-state index in [2.05, 4.69) is 33.1 Å². The molecule has 3 nitrogen and oxygen atoms in total. The van der Waals surface area contributed by atoms with E-state index in [4.69, 9.17) is 11.6 Å². The van der Waals surface area contributed by atoms with Crippen molar-refractivity contribution in [3.63, 3.8) is 0 Å². The number of hydrogen-bond acceptors (Lipinski definition) is 3. The number of nitrogens with one attached hydrogen (secondary N) is 2. The fourth-order valence-corrected chi connectivity index (χ4v) is 3.21. The molecule has 0 fully saturated rings. The van der Waals surface area contributed by atoms with Crippen LogP contribution < -0.4 is 10.6 Å². The largest absolute Gasteiger partial charge is 0.356 e. The highest BCUT2D eigenvalue weighted by Crippen LogP contribution is 2.19. The van der Waals surface area contributed by atoms with Gasteiger partial charge in [-0.3, -0.25) is 4.99 Å². The summed E-state index contributed by atoms with van der Waals surface area (Å²) in [6.07, 6.45) is 0. The van der Waals surface area contributed by atoms with Crippen LogP contribution in [0.5, 0.6) is 0 Å². The average molecular weight is 468 g/mol. The lowest BCUT2D eigenvalue weighted by Gasteiger charge is -2.11. The highest BCUT2D eigenvalue weighted by atomic mass is 127. The minimum Gasteiger partial charge on any atom is -0.356 e. The Balaban J connectivity index is 0.00000242. The third-order valence-corrected chi connectivity index (χ3v) is 4.85. The molecule has 0 spiro atoms. The van der Waals surface area contributed by atoms with Crippen LogP contribution in [0.15, 0.2) is 51.7 Å². The number of thiophene rings is 1. The highest BCUT2D eigenvalue weighted by Gasteiger charge is 1.99. The average Bonchev–Trinajstić information content (AvgIpc) is 3.02. The summed E-state index contributed by atoms with van der Waals surface area (Å²) in [5, 5.41) is 9.46. The Kier molecular flexibility index (Phi) is 9.94. The van der Waals surface area contributed by atoms with Crippen molar-refractivity contribution < 1.29 is 0 Å². The zero-order valence-electron chi connectivity index (χ0n) is 12.2. The Morgan fingerprint density at radius 1 is 1.23 bits per heavy atom. The maximum Gasteiger partial charge on any atom is 0.191 e. The van der Waals surface area contributed by atoms with Crippen LogP contribution >= 0.6 is 58.7 Å².